The van der Waals surface area contributed by atoms with Crippen LogP contribution in [0.4, 0.5) is 10.1 Å². The number of aromatic nitrogens is 2. The quantitative estimate of drug-likeness (QED) is 0.783. The Morgan fingerprint density at radius 2 is 2.17 bits per heavy atom. The Bertz CT molecular complexity index is 870. The average Bonchev–Trinajstić information content (AvgIpc) is 3.10. The number of anilines is 1. The summed E-state index contributed by atoms with van der Waals surface area (Å²) in [5, 5.41) is 12.7. The van der Waals surface area contributed by atoms with Gasteiger partial charge in [-0.05, 0) is 42.5 Å². The Balaban J connectivity index is 1.58. The molecule has 1 aromatic carbocycles. The number of carbonyl (C=O) groups is 1. The van der Waals surface area contributed by atoms with E-state index in [1.807, 2.05) is 5.38 Å². The number of nitrogens with zero attached hydrogens (tertiary/aromatic N) is 2. The van der Waals surface area contributed by atoms with Gasteiger partial charge in [-0.2, -0.15) is 0 Å². The van der Waals surface area contributed by atoms with Gasteiger partial charge >= 0.3 is 0 Å². The summed E-state index contributed by atoms with van der Waals surface area (Å²) < 4.78 is 18.9. The van der Waals surface area contributed by atoms with E-state index >= 15 is 0 Å². The highest BCUT2D eigenvalue weighted by atomic mass is 32.1. The smallest absolute Gasteiger partial charge is 0.259 e. The number of amides is 1. The summed E-state index contributed by atoms with van der Waals surface area (Å²) in [5.41, 5.74) is 0.835. The summed E-state index contributed by atoms with van der Waals surface area (Å²) in [7, 11) is 0. The van der Waals surface area contributed by atoms with E-state index in [9.17, 15) is 9.18 Å². The number of nitrogens with one attached hydrogen (secondary N) is 1. The molecule has 0 radical (unpaired) electrons. The molecular weight excluding hydrogens is 317 g/mol. The molecule has 1 N–H and O–H groups in total. The van der Waals surface area contributed by atoms with Gasteiger partial charge in [0.1, 0.15) is 10.7 Å². The first-order chi connectivity index (χ1) is 11.2. The fourth-order valence-corrected chi connectivity index (χ4v) is 2.99. The SMILES string of the molecule is O=C(Nc1ccsc1-c1nnc(C2CC2)o1)c1cccc(F)c1. The van der Waals surface area contributed by atoms with Crippen LogP contribution in [0.1, 0.15) is 35.0 Å². The molecule has 0 saturated heterocycles. The number of benzene rings is 1. The van der Waals surface area contributed by atoms with Crippen LogP contribution >= 0.6 is 11.3 Å². The van der Waals surface area contributed by atoms with Gasteiger partial charge in [-0.25, -0.2) is 4.39 Å². The molecule has 4 rings (SSSR count). The van der Waals surface area contributed by atoms with E-state index < -0.39 is 5.82 Å². The van der Waals surface area contributed by atoms with Crippen molar-refractivity contribution in [1.82, 2.24) is 10.2 Å². The van der Waals surface area contributed by atoms with Crippen LogP contribution in [0.5, 0.6) is 0 Å². The molecule has 0 atom stereocenters. The molecule has 1 fully saturated rings. The van der Waals surface area contributed by atoms with Gasteiger partial charge in [0.25, 0.3) is 11.8 Å². The highest BCUT2D eigenvalue weighted by Gasteiger charge is 2.30. The molecule has 0 spiro atoms. The van der Waals surface area contributed by atoms with E-state index in [0.29, 0.717) is 28.3 Å². The molecule has 0 bridgehead atoms. The summed E-state index contributed by atoms with van der Waals surface area (Å²) in [6.45, 7) is 0. The topological polar surface area (TPSA) is 68.0 Å². The summed E-state index contributed by atoms with van der Waals surface area (Å²) in [6, 6.07) is 7.31. The lowest BCUT2D eigenvalue weighted by Gasteiger charge is -2.04. The van der Waals surface area contributed by atoms with Gasteiger partial charge in [0.2, 0.25) is 5.89 Å². The van der Waals surface area contributed by atoms with E-state index in [1.165, 1.54) is 29.5 Å². The van der Waals surface area contributed by atoms with Crippen LogP contribution in [0.2, 0.25) is 0 Å². The summed E-state index contributed by atoms with van der Waals surface area (Å²) in [6.07, 6.45) is 2.16. The fourth-order valence-electron chi connectivity index (χ4n) is 2.22. The van der Waals surface area contributed by atoms with Gasteiger partial charge in [-0.3, -0.25) is 4.79 Å². The molecule has 0 unspecified atom stereocenters. The van der Waals surface area contributed by atoms with Crippen molar-refractivity contribution in [2.75, 3.05) is 5.32 Å². The average molecular weight is 329 g/mol. The highest BCUT2D eigenvalue weighted by Crippen LogP contribution is 2.41. The zero-order valence-corrected chi connectivity index (χ0v) is 12.8. The third-order valence-corrected chi connectivity index (χ3v) is 4.46. The van der Waals surface area contributed by atoms with Crippen molar-refractivity contribution >= 4 is 22.9 Å². The van der Waals surface area contributed by atoms with Crippen LogP contribution in [0.25, 0.3) is 10.8 Å². The van der Waals surface area contributed by atoms with Crippen molar-refractivity contribution in [2.24, 2.45) is 0 Å². The van der Waals surface area contributed by atoms with Crippen molar-refractivity contribution in [1.29, 1.82) is 0 Å². The first-order valence-corrected chi connectivity index (χ1v) is 8.07. The Kier molecular flexibility index (Phi) is 3.42. The number of carbonyl (C=O) groups excluding carboxylic acids is 1. The lowest BCUT2D eigenvalue weighted by Crippen LogP contribution is -2.12. The van der Waals surface area contributed by atoms with Gasteiger partial charge in [0, 0.05) is 11.5 Å². The Labute approximate surface area is 135 Å². The molecule has 1 aliphatic carbocycles. The number of halogens is 1. The maximum atomic E-state index is 13.2. The summed E-state index contributed by atoms with van der Waals surface area (Å²) in [5.74, 6) is 0.592. The summed E-state index contributed by atoms with van der Waals surface area (Å²) >= 11 is 1.40. The first-order valence-electron chi connectivity index (χ1n) is 7.19. The van der Waals surface area contributed by atoms with E-state index in [4.69, 9.17) is 4.42 Å². The van der Waals surface area contributed by atoms with Crippen molar-refractivity contribution in [3.05, 3.63) is 53.0 Å². The molecule has 3 aromatic rings. The van der Waals surface area contributed by atoms with Gasteiger partial charge < -0.3 is 9.73 Å². The number of rotatable bonds is 4. The molecule has 1 aliphatic rings. The van der Waals surface area contributed by atoms with Crippen LogP contribution in [0.3, 0.4) is 0 Å². The lowest BCUT2D eigenvalue weighted by atomic mass is 10.2. The predicted molar refractivity (Wildman–Crippen MR) is 83.9 cm³/mol. The summed E-state index contributed by atoms with van der Waals surface area (Å²) in [4.78, 5) is 12.9. The maximum absolute atomic E-state index is 13.2. The monoisotopic (exact) mass is 329 g/mol. The van der Waals surface area contributed by atoms with Crippen LogP contribution in [-0.4, -0.2) is 16.1 Å². The van der Waals surface area contributed by atoms with Gasteiger partial charge in [-0.1, -0.05) is 6.07 Å². The molecule has 1 saturated carbocycles. The molecule has 0 aliphatic heterocycles. The molecule has 2 heterocycles. The molecule has 23 heavy (non-hydrogen) atoms. The first kappa shape index (κ1) is 14.1. The standard InChI is InChI=1S/C16H12FN3O2S/c17-11-3-1-2-10(8-11)14(21)18-12-6-7-23-13(12)16-20-19-15(22-16)9-4-5-9/h1-3,6-9H,4-5H2,(H,18,21). The zero-order valence-electron chi connectivity index (χ0n) is 12.0. The fraction of sp³-hybridized carbons (Fsp3) is 0.188. The number of hydrogen-bond acceptors (Lipinski definition) is 5. The third-order valence-electron chi connectivity index (χ3n) is 3.56. The van der Waals surface area contributed by atoms with E-state index in [-0.39, 0.29) is 11.5 Å². The maximum Gasteiger partial charge on any atom is 0.259 e. The Morgan fingerprint density at radius 3 is 2.96 bits per heavy atom. The second-order valence-electron chi connectivity index (χ2n) is 5.35. The zero-order chi connectivity index (χ0) is 15.8. The minimum Gasteiger partial charge on any atom is -0.420 e. The Morgan fingerprint density at radius 1 is 1.30 bits per heavy atom. The van der Waals surface area contributed by atoms with Crippen LogP contribution in [0, 0.1) is 5.82 Å². The number of thiophene rings is 1. The number of hydrogen-bond donors (Lipinski definition) is 1. The van der Waals surface area contributed by atoms with Crippen LogP contribution in [-0.2, 0) is 0 Å². The van der Waals surface area contributed by atoms with Crippen LogP contribution < -0.4 is 5.32 Å². The minimum absolute atomic E-state index is 0.256. The van der Waals surface area contributed by atoms with Crippen molar-refractivity contribution < 1.29 is 13.6 Å². The molecule has 5 nitrogen and oxygen atoms in total. The molecule has 2 aromatic heterocycles. The second kappa shape index (κ2) is 5.58. The van der Waals surface area contributed by atoms with E-state index in [2.05, 4.69) is 15.5 Å². The van der Waals surface area contributed by atoms with E-state index in [0.717, 1.165) is 12.8 Å². The largest absolute Gasteiger partial charge is 0.420 e. The molecule has 116 valence electrons. The highest BCUT2D eigenvalue weighted by molar-refractivity contribution is 7.14. The second-order valence-corrected chi connectivity index (χ2v) is 6.26. The third kappa shape index (κ3) is 2.87. The lowest BCUT2D eigenvalue weighted by molar-refractivity contribution is 0.102. The van der Waals surface area contributed by atoms with Crippen LogP contribution in [0.15, 0.2) is 40.1 Å². The predicted octanol–water partition coefficient (Wildman–Crippen LogP) is 4.07. The molecular formula is C16H12FN3O2S. The van der Waals surface area contributed by atoms with Crippen molar-refractivity contribution in [3.8, 4) is 10.8 Å². The van der Waals surface area contributed by atoms with Gasteiger partial charge in [0.15, 0.2) is 0 Å². The molecule has 1 amide bonds. The van der Waals surface area contributed by atoms with Crippen molar-refractivity contribution in [3.63, 3.8) is 0 Å². The molecule has 7 heteroatoms. The van der Waals surface area contributed by atoms with Gasteiger partial charge in [0.05, 0.1) is 5.69 Å². The normalized spacial score (nSPS) is 14.0. The van der Waals surface area contributed by atoms with Gasteiger partial charge in [-0.15, -0.1) is 21.5 Å². The van der Waals surface area contributed by atoms with Crippen molar-refractivity contribution in [2.45, 2.75) is 18.8 Å². The minimum atomic E-state index is -0.450. The Hall–Kier alpha value is -2.54. The van der Waals surface area contributed by atoms with E-state index in [1.54, 1.807) is 12.1 Å².